The molecule has 2 aromatic carbocycles. The Morgan fingerprint density at radius 2 is 1.82 bits per heavy atom. The third-order valence-electron chi connectivity index (χ3n) is 5.99. The van der Waals surface area contributed by atoms with Gasteiger partial charge in [0.05, 0.1) is 12.3 Å². The van der Waals surface area contributed by atoms with Crippen molar-refractivity contribution in [3.63, 3.8) is 0 Å². The van der Waals surface area contributed by atoms with Gasteiger partial charge in [0.2, 0.25) is 0 Å². The Morgan fingerprint density at radius 1 is 0.929 bits per heavy atom. The van der Waals surface area contributed by atoms with E-state index in [-0.39, 0.29) is 0 Å². The summed E-state index contributed by atoms with van der Waals surface area (Å²) in [6, 6.07) is 17.5. The summed E-state index contributed by atoms with van der Waals surface area (Å²) in [4.78, 5) is 14.3. The highest BCUT2D eigenvalue weighted by Crippen LogP contribution is 2.26. The second kappa shape index (κ2) is 7.86. The van der Waals surface area contributed by atoms with Gasteiger partial charge in [0.1, 0.15) is 0 Å². The molecule has 5 heteroatoms. The van der Waals surface area contributed by atoms with E-state index in [1.807, 2.05) is 6.20 Å². The van der Waals surface area contributed by atoms with Crippen molar-refractivity contribution < 1.29 is 4.84 Å². The molecule has 0 spiro atoms. The average molecular weight is 377 g/mol. The Labute approximate surface area is 166 Å². The SMILES string of the molecule is c1ccc2c(c1)CCON2CCCN1CCN(c2ccc3cc[nH]c3c2)CC1. The van der Waals surface area contributed by atoms with Crippen LogP contribution in [-0.4, -0.2) is 55.8 Å². The van der Waals surface area contributed by atoms with Gasteiger partial charge in [-0.1, -0.05) is 24.3 Å². The molecule has 0 amide bonds. The maximum atomic E-state index is 5.90. The van der Waals surface area contributed by atoms with Crippen LogP contribution in [0.25, 0.3) is 10.9 Å². The summed E-state index contributed by atoms with van der Waals surface area (Å²) in [5, 5.41) is 3.38. The molecule has 1 aromatic heterocycles. The number of hydrogen-bond acceptors (Lipinski definition) is 4. The molecule has 1 fully saturated rings. The minimum Gasteiger partial charge on any atom is -0.369 e. The van der Waals surface area contributed by atoms with Crippen LogP contribution in [0.15, 0.2) is 54.7 Å². The molecule has 0 unspecified atom stereocenters. The summed E-state index contributed by atoms with van der Waals surface area (Å²) < 4.78 is 0. The van der Waals surface area contributed by atoms with Crippen molar-refractivity contribution in [1.82, 2.24) is 9.88 Å². The summed E-state index contributed by atoms with van der Waals surface area (Å²) in [5.41, 5.74) is 5.20. The van der Waals surface area contributed by atoms with E-state index in [9.17, 15) is 0 Å². The highest BCUT2D eigenvalue weighted by molar-refractivity contribution is 5.83. The quantitative estimate of drug-likeness (QED) is 0.737. The van der Waals surface area contributed by atoms with Crippen molar-refractivity contribution in [3.8, 4) is 0 Å². The first-order chi connectivity index (χ1) is 13.9. The number of aromatic nitrogens is 1. The van der Waals surface area contributed by atoms with Crippen LogP contribution >= 0.6 is 0 Å². The average Bonchev–Trinajstić information content (AvgIpc) is 3.22. The van der Waals surface area contributed by atoms with Gasteiger partial charge in [0.15, 0.2) is 0 Å². The number of piperazine rings is 1. The van der Waals surface area contributed by atoms with Gasteiger partial charge < -0.3 is 9.88 Å². The maximum absolute atomic E-state index is 5.90. The zero-order chi connectivity index (χ0) is 18.8. The lowest BCUT2D eigenvalue weighted by molar-refractivity contribution is 0.0968. The predicted molar refractivity (Wildman–Crippen MR) is 115 cm³/mol. The predicted octanol–water partition coefficient (Wildman–Crippen LogP) is 3.67. The van der Waals surface area contributed by atoms with Crippen LogP contribution in [0.5, 0.6) is 0 Å². The van der Waals surface area contributed by atoms with Gasteiger partial charge in [-0.3, -0.25) is 14.8 Å². The van der Waals surface area contributed by atoms with Crippen LogP contribution in [0.1, 0.15) is 12.0 Å². The fourth-order valence-corrected chi connectivity index (χ4v) is 4.39. The second-order valence-corrected chi connectivity index (χ2v) is 7.75. The summed E-state index contributed by atoms with van der Waals surface area (Å²) in [5.74, 6) is 0. The van der Waals surface area contributed by atoms with Gasteiger partial charge >= 0.3 is 0 Å². The zero-order valence-corrected chi connectivity index (χ0v) is 16.3. The van der Waals surface area contributed by atoms with E-state index in [2.05, 4.69) is 68.4 Å². The molecule has 1 N–H and O–H groups in total. The summed E-state index contributed by atoms with van der Waals surface area (Å²) in [6.45, 7) is 7.32. The first-order valence-electron chi connectivity index (χ1n) is 10.4. The van der Waals surface area contributed by atoms with Crippen molar-refractivity contribution in [3.05, 3.63) is 60.3 Å². The maximum Gasteiger partial charge on any atom is 0.0789 e. The Hall–Kier alpha value is -2.50. The van der Waals surface area contributed by atoms with Gasteiger partial charge in [0, 0.05) is 63.1 Å². The number of nitrogens with one attached hydrogen (secondary N) is 1. The molecule has 0 aliphatic carbocycles. The summed E-state index contributed by atoms with van der Waals surface area (Å²) in [6.07, 6.45) is 4.16. The first-order valence-corrected chi connectivity index (χ1v) is 10.4. The Kier molecular flexibility index (Phi) is 4.93. The molecule has 5 rings (SSSR count). The molecule has 0 saturated carbocycles. The van der Waals surface area contributed by atoms with E-state index in [0.29, 0.717) is 0 Å². The molecule has 2 aliphatic heterocycles. The molecule has 2 aliphatic rings. The fourth-order valence-electron chi connectivity index (χ4n) is 4.39. The molecule has 3 heterocycles. The topological polar surface area (TPSA) is 34.7 Å². The number of rotatable bonds is 5. The number of fused-ring (bicyclic) bond motifs is 2. The van der Waals surface area contributed by atoms with Crippen LogP contribution in [0.2, 0.25) is 0 Å². The monoisotopic (exact) mass is 376 g/mol. The van der Waals surface area contributed by atoms with E-state index in [0.717, 1.165) is 58.7 Å². The van der Waals surface area contributed by atoms with Gasteiger partial charge in [-0.2, -0.15) is 0 Å². The van der Waals surface area contributed by atoms with Crippen LogP contribution in [0.4, 0.5) is 11.4 Å². The lowest BCUT2D eigenvalue weighted by atomic mass is 10.1. The minimum absolute atomic E-state index is 0.793. The molecule has 3 aromatic rings. The highest BCUT2D eigenvalue weighted by atomic mass is 16.7. The van der Waals surface area contributed by atoms with Crippen molar-refractivity contribution in [2.24, 2.45) is 0 Å². The number of nitrogens with zero attached hydrogens (tertiary/aromatic N) is 3. The van der Waals surface area contributed by atoms with Gasteiger partial charge in [-0.25, -0.2) is 0 Å². The van der Waals surface area contributed by atoms with Gasteiger partial charge in [0.25, 0.3) is 0 Å². The Morgan fingerprint density at radius 3 is 2.75 bits per heavy atom. The van der Waals surface area contributed by atoms with Crippen LogP contribution < -0.4 is 9.96 Å². The largest absolute Gasteiger partial charge is 0.369 e. The van der Waals surface area contributed by atoms with Crippen LogP contribution in [0, 0.1) is 0 Å². The normalized spacial score (nSPS) is 17.9. The smallest absolute Gasteiger partial charge is 0.0789 e. The molecule has 1 saturated heterocycles. The third-order valence-corrected chi connectivity index (χ3v) is 5.99. The first kappa shape index (κ1) is 17.6. The molecular weight excluding hydrogens is 348 g/mol. The molecule has 0 atom stereocenters. The molecule has 28 heavy (non-hydrogen) atoms. The Bertz CT molecular complexity index is 929. The minimum atomic E-state index is 0.793. The van der Waals surface area contributed by atoms with Crippen molar-refractivity contribution in [2.45, 2.75) is 12.8 Å². The lowest BCUT2D eigenvalue weighted by Gasteiger charge is -2.37. The fraction of sp³-hybridized carbons (Fsp3) is 0.391. The lowest BCUT2D eigenvalue weighted by Crippen LogP contribution is -2.47. The number of H-pyrrole nitrogens is 1. The zero-order valence-electron chi connectivity index (χ0n) is 16.3. The second-order valence-electron chi connectivity index (χ2n) is 7.75. The molecule has 5 nitrogen and oxygen atoms in total. The van der Waals surface area contributed by atoms with E-state index in [1.54, 1.807) is 0 Å². The van der Waals surface area contributed by atoms with Crippen LogP contribution in [-0.2, 0) is 11.3 Å². The van der Waals surface area contributed by atoms with E-state index in [1.165, 1.54) is 27.8 Å². The van der Waals surface area contributed by atoms with Crippen molar-refractivity contribution >= 4 is 22.3 Å². The number of benzene rings is 2. The number of anilines is 2. The van der Waals surface area contributed by atoms with Crippen molar-refractivity contribution in [1.29, 1.82) is 0 Å². The third kappa shape index (κ3) is 3.60. The van der Waals surface area contributed by atoms with E-state index < -0.39 is 0 Å². The molecule has 0 radical (unpaired) electrons. The molecule has 146 valence electrons. The van der Waals surface area contributed by atoms with Gasteiger partial charge in [-0.15, -0.1) is 0 Å². The van der Waals surface area contributed by atoms with Crippen molar-refractivity contribution in [2.75, 3.05) is 55.8 Å². The van der Waals surface area contributed by atoms with Crippen LogP contribution in [0.3, 0.4) is 0 Å². The van der Waals surface area contributed by atoms with E-state index in [4.69, 9.17) is 4.84 Å². The Balaban J connectivity index is 1.11. The standard InChI is InChI=1S/C23H28N4O/c1-2-5-23-20(4-1)9-17-28-27(23)12-3-11-25-13-15-26(16-14-25)21-7-6-19-8-10-24-22(19)18-21/h1-2,4-8,10,18,24H,3,9,11-17H2. The molecule has 0 bridgehead atoms. The highest BCUT2D eigenvalue weighted by Gasteiger charge is 2.19. The molecular formula is C23H28N4O. The number of hydrogen-bond donors (Lipinski definition) is 1. The number of hydroxylamine groups is 1. The van der Waals surface area contributed by atoms with E-state index >= 15 is 0 Å². The summed E-state index contributed by atoms with van der Waals surface area (Å²) in [7, 11) is 0. The number of para-hydroxylation sites is 1. The summed E-state index contributed by atoms with van der Waals surface area (Å²) >= 11 is 0. The van der Waals surface area contributed by atoms with Gasteiger partial charge in [-0.05, 0) is 41.6 Å². The number of aromatic amines is 1.